The quantitative estimate of drug-likeness (QED) is 0.774. The Morgan fingerprint density at radius 3 is 2.50 bits per heavy atom. The first-order valence-corrected chi connectivity index (χ1v) is 5.06. The van der Waals surface area contributed by atoms with Crippen LogP contribution in [0, 0.1) is 18.3 Å². The molecule has 0 bridgehead atoms. The molecule has 0 aliphatic heterocycles. The van der Waals surface area contributed by atoms with Crippen LogP contribution in [0.3, 0.4) is 0 Å². The van der Waals surface area contributed by atoms with Gasteiger partial charge in [-0.05, 0) is 18.6 Å². The number of aryl methyl sites for hydroxylation is 1. The molecule has 0 atom stereocenters. The zero-order valence-corrected chi connectivity index (χ0v) is 9.83. The van der Waals surface area contributed by atoms with Gasteiger partial charge >= 0.3 is 0 Å². The van der Waals surface area contributed by atoms with Crippen molar-refractivity contribution in [2.75, 3.05) is 26.1 Å². The molecule has 0 unspecified atom stereocenters. The van der Waals surface area contributed by atoms with Crippen LogP contribution < -0.4 is 14.8 Å². The number of rotatable bonds is 5. The Kier molecular flexibility index (Phi) is 4.46. The number of ether oxygens (including phenoxy) is 2. The van der Waals surface area contributed by atoms with Gasteiger partial charge in [0.25, 0.3) is 0 Å². The molecule has 0 radical (unpaired) electrons. The lowest BCUT2D eigenvalue weighted by Gasteiger charge is -2.13. The maximum atomic E-state index is 8.47. The fourth-order valence-corrected chi connectivity index (χ4v) is 1.44. The minimum atomic E-state index is 0.458. The second-order valence-corrected chi connectivity index (χ2v) is 3.36. The Labute approximate surface area is 95.8 Å². The van der Waals surface area contributed by atoms with Gasteiger partial charge in [0, 0.05) is 12.6 Å². The Morgan fingerprint density at radius 1 is 1.25 bits per heavy atom. The Hall–Kier alpha value is -1.89. The number of methoxy groups -OCH3 is 2. The van der Waals surface area contributed by atoms with Gasteiger partial charge in [0.05, 0.1) is 32.4 Å². The summed E-state index contributed by atoms with van der Waals surface area (Å²) in [5.74, 6) is 1.57. The smallest absolute Gasteiger partial charge is 0.142 e. The average molecular weight is 220 g/mol. The summed E-state index contributed by atoms with van der Waals surface area (Å²) < 4.78 is 10.5. The van der Waals surface area contributed by atoms with Crippen LogP contribution in [0.4, 0.5) is 5.69 Å². The molecule has 0 fully saturated rings. The number of hydrogen-bond donors (Lipinski definition) is 1. The van der Waals surface area contributed by atoms with E-state index < -0.39 is 0 Å². The third kappa shape index (κ3) is 2.80. The second kappa shape index (κ2) is 5.86. The van der Waals surface area contributed by atoms with Crippen LogP contribution in [0.1, 0.15) is 12.0 Å². The van der Waals surface area contributed by atoms with Crippen molar-refractivity contribution < 1.29 is 9.47 Å². The molecule has 0 saturated carbocycles. The van der Waals surface area contributed by atoms with E-state index in [0.717, 1.165) is 22.7 Å². The van der Waals surface area contributed by atoms with Crippen molar-refractivity contribution >= 4 is 5.69 Å². The van der Waals surface area contributed by atoms with E-state index in [-0.39, 0.29) is 0 Å². The van der Waals surface area contributed by atoms with Crippen molar-refractivity contribution in [2.45, 2.75) is 13.3 Å². The standard InChI is InChI=1S/C12H16N2O2/c1-9-7-12(16-3)10(8-11(9)15-2)14-6-4-5-13/h7-8,14H,4,6H2,1-3H3. The molecule has 16 heavy (non-hydrogen) atoms. The normalized spacial score (nSPS) is 9.38. The lowest BCUT2D eigenvalue weighted by Crippen LogP contribution is -2.03. The van der Waals surface area contributed by atoms with Crippen LogP contribution in [0.15, 0.2) is 12.1 Å². The Morgan fingerprint density at radius 2 is 1.94 bits per heavy atom. The fraction of sp³-hybridized carbons (Fsp3) is 0.417. The van der Waals surface area contributed by atoms with Gasteiger partial charge < -0.3 is 14.8 Å². The summed E-state index contributed by atoms with van der Waals surface area (Å²) in [7, 11) is 3.25. The third-order valence-electron chi connectivity index (χ3n) is 2.27. The number of hydrogen-bond acceptors (Lipinski definition) is 4. The molecule has 1 aromatic carbocycles. The van der Waals surface area contributed by atoms with Crippen molar-refractivity contribution in [1.82, 2.24) is 0 Å². The van der Waals surface area contributed by atoms with E-state index in [0.29, 0.717) is 13.0 Å². The van der Waals surface area contributed by atoms with Crippen molar-refractivity contribution in [3.8, 4) is 17.6 Å². The first kappa shape index (κ1) is 12.2. The predicted octanol–water partition coefficient (Wildman–Crippen LogP) is 2.34. The molecule has 0 aliphatic rings. The molecule has 0 heterocycles. The monoisotopic (exact) mass is 220 g/mol. The van der Waals surface area contributed by atoms with Gasteiger partial charge in [-0.1, -0.05) is 0 Å². The molecule has 4 nitrogen and oxygen atoms in total. The van der Waals surface area contributed by atoms with Crippen LogP contribution in [0.25, 0.3) is 0 Å². The van der Waals surface area contributed by atoms with E-state index in [9.17, 15) is 0 Å². The largest absolute Gasteiger partial charge is 0.496 e. The van der Waals surface area contributed by atoms with Crippen molar-refractivity contribution in [1.29, 1.82) is 5.26 Å². The molecule has 1 aromatic rings. The van der Waals surface area contributed by atoms with Gasteiger partial charge in [-0.25, -0.2) is 0 Å². The second-order valence-electron chi connectivity index (χ2n) is 3.36. The molecule has 86 valence electrons. The van der Waals surface area contributed by atoms with Crippen LogP contribution in [0.2, 0.25) is 0 Å². The van der Waals surface area contributed by atoms with Crippen LogP contribution in [-0.2, 0) is 0 Å². The average Bonchev–Trinajstić information content (AvgIpc) is 2.30. The number of nitrogens with zero attached hydrogens (tertiary/aromatic N) is 1. The minimum absolute atomic E-state index is 0.458. The number of nitrogens with one attached hydrogen (secondary N) is 1. The minimum Gasteiger partial charge on any atom is -0.496 e. The molecule has 4 heteroatoms. The molecular formula is C12H16N2O2. The lowest BCUT2D eigenvalue weighted by atomic mass is 10.2. The lowest BCUT2D eigenvalue weighted by molar-refractivity contribution is 0.402. The molecule has 0 saturated heterocycles. The van der Waals surface area contributed by atoms with E-state index >= 15 is 0 Å². The first-order valence-electron chi connectivity index (χ1n) is 5.06. The van der Waals surface area contributed by atoms with Crippen molar-refractivity contribution in [3.63, 3.8) is 0 Å². The van der Waals surface area contributed by atoms with Gasteiger partial charge in [0.1, 0.15) is 11.5 Å². The van der Waals surface area contributed by atoms with E-state index in [1.165, 1.54) is 0 Å². The Balaban J connectivity index is 2.92. The van der Waals surface area contributed by atoms with E-state index in [1.54, 1.807) is 14.2 Å². The van der Waals surface area contributed by atoms with Crippen LogP contribution in [0.5, 0.6) is 11.5 Å². The molecule has 1 rings (SSSR count). The molecular weight excluding hydrogens is 204 g/mol. The molecule has 0 aromatic heterocycles. The third-order valence-corrected chi connectivity index (χ3v) is 2.27. The van der Waals surface area contributed by atoms with Crippen molar-refractivity contribution in [2.24, 2.45) is 0 Å². The molecule has 0 aliphatic carbocycles. The number of anilines is 1. The summed E-state index contributed by atoms with van der Waals surface area (Å²) in [6.07, 6.45) is 0.458. The van der Waals surface area contributed by atoms with Gasteiger partial charge in [-0.2, -0.15) is 5.26 Å². The SMILES string of the molecule is COc1cc(NCCC#N)c(OC)cc1C. The number of nitriles is 1. The maximum absolute atomic E-state index is 8.47. The van der Waals surface area contributed by atoms with Crippen LogP contribution >= 0.6 is 0 Å². The van der Waals surface area contributed by atoms with Gasteiger partial charge in [0.15, 0.2) is 0 Å². The highest BCUT2D eigenvalue weighted by atomic mass is 16.5. The van der Waals surface area contributed by atoms with E-state index in [4.69, 9.17) is 14.7 Å². The zero-order valence-electron chi connectivity index (χ0n) is 9.83. The van der Waals surface area contributed by atoms with Crippen molar-refractivity contribution in [3.05, 3.63) is 17.7 Å². The summed E-state index contributed by atoms with van der Waals surface area (Å²) in [6.45, 7) is 2.56. The highest BCUT2D eigenvalue weighted by molar-refractivity contribution is 5.62. The highest BCUT2D eigenvalue weighted by Crippen LogP contribution is 2.32. The zero-order chi connectivity index (χ0) is 12.0. The molecule has 0 spiro atoms. The summed E-state index contributed by atoms with van der Waals surface area (Å²) in [5, 5.41) is 11.6. The summed E-state index contributed by atoms with van der Waals surface area (Å²) in [4.78, 5) is 0. The first-order chi connectivity index (χ1) is 7.72. The highest BCUT2D eigenvalue weighted by Gasteiger charge is 2.07. The van der Waals surface area contributed by atoms with Gasteiger partial charge in [0.2, 0.25) is 0 Å². The molecule has 1 N–H and O–H groups in total. The summed E-state index contributed by atoms with van der Waals surface area (Å²) in [5.41, 5.74) is 1.87. The fourth-order valence-electron chi connectivity index (χ4n) is 1.44. The Bertz CT molecular complexity index is 397. The van der Waals surface area contributed by atoms with E-state index in [1.807, 2.05) is 19.1 Å². The topological polar surface area (TPSA) is 54.3 Å². The predicted molar refractivity (Wildman–Crippen MR) is 63.0 cm³/mol. The number of benzene rings is 1. The summed E-state index contributed by atoms with van der Waals surface area (Å²) >= 11 is 0. The molecule has 0 amide bonds. The maximum Gasteiger partial charge on any atom is 0.142 e. The van der Waals surface area contributed by atoms with Crippen LogP contribution in [-0.4, -0.2) is 20.8 Å². The van der Waals surface area contributed by atoms with Gasteiger partial charge in [-0.3, -0.25) is 0 Å². The summed E-state index contributed by atoms with van der Waals surface area (Å²) in [6, 6.07) is 5.87. The van der Waals surface area contributed by atoms with Gasteiger partial charge in [-0.15, -0.1) is 0 Å². The van der Waals surface area contributed by atoms with E-state index in [2.05, 4.69) is 11.4 Å².